The number of benzene rings is 2. The summed E-state index contributed by atoms with van der Waals surface area (Å²) < 4.78 is 5.84. The Hall–Kier alpha value is -3.30. The van der Waals surface area contributed by atoms with Gasteiger partial charge in [0.25, 0.3) is 11.1 Å². The molecule has 7 nitrogen and oxygen atoms in total. The molecular formula is C23H20N4O3S2. The Morgan fingerprint density at radius 2 is 1.88 bits per heavy atom. The van der Waals surface area contributed by atoms with Crippen molar-refractivity contribution in [1.29, 1.82) is 0 Å². The smallest absolute Gasteiger partial charge is 0.290 e. The van der Waals surface area contributed by atoms with Crippen LogP contribution in [0.2, 0.25) is 0 Å². The van der Waals surface area contributed by atoms with Gasteiger partial charge in [0, 0.05) is 18.0 Å². The molecule has 32 heavy (non-hydrogen) atoms. The van der Waals surface area contributed by atoms with Crippen LogP contribution in [0.15, 0.2) is 81.8 Å². The van der Waals surface area contributed by atoms with Crippen LogP contribution >= 0.6 is 23.5 Å². The quantitative estimate of drug-likeness (QED) is 0.386. The summed E-state index contributed by atoms with van der Waals surface area (Å²) in [5, 5.41) is 2.78. The number of carbonyl (C=O) groups is 2. The average Bonchev–Trinajstić information content (AvgIpc) is 3.12. The van der Waals surface area contributed by atoms with Crippen LogP contribution in [0.1, 0.15) is 5.56 Å². The van der Waals surface area contributed by atoms with Gasteiger partial charge in [0.05, 0.1) is 11.4 Å². The van der Waals surface area contributed by atoms with Gasteiger partial charge in [-0.05, 0) is 47.7 Å². The Bertz CT molecular complexity index is 1140. The van der Waals surface area contributed by atoms with Crippen molar-refractivity contribution in [2.75, 3.05) is 25.1 Å². The minimum atomic E-state index is -0.363. The van der Waals surface area contributed by atoms with Crippen LogP contribution in [0, 0.1) is 0 Å². The van der Waals surface area contributed by atoms with Gasteiger partial charge in [-0.15, -0.1) is 0 Å². The average molecular weight is 465 g/mol. The van der Waals surface area contributed by atoms with Crippen LogP contribution < -0.4 is 15.0 Å². The maximum atomic E-state index is 11.6. The van der Waals surface area contributed by atoms with E-state index in [-0.39, 0.29) is 11.1 Å². The van der Waals surface area contributed by atoms with Crippen LogP contribution in [0.25, 0.3) is 6.08 Å². The second kappa shape index (κ2) is 10.3. The van der Waals surface area contributed by atoms with Gasteiger partial charge in [0.15, 0.2) is 0 Å². The zero-order valence-corrected chi connectivity index (χ0v) is 18.9. The summed E-state index contributed by atoms with van der Waals surface area (Å²) in [4.78, 5) is 35.1. The van der Waals surface area contributed by atoms with Crippen molar-refractivity contribution in [2.24, 2.45) is 0 Å². The zero-order valence-electron chi connectivity index (χ0n) is 17.2. The van der Waals surface area contributed by atoms with Crippen molar-refractivity contribution >= 4 is 46.6 Å². The predicted octanol–water partition coefficient (Wildman–Crippen LogP) is 4.47. The number of rotatable bonds is 8. The maximum absolute atomic E-state index is 11.6. The lowest BCUT2D eigenvalue weighted by molar-refractivity contribution is -0.115. The number of amides is 2. The van der Waals surface area contributed by atoms with Crippen LogP contribution in [0.5, 0.6) is 5.75 Å². The third-order valence-corrected chi connectivity index (χ3v) is 6.25. The number of carbonyl (C=O) groups excluding carboxylic acids is 2. The van der Waals surface area contributed by atoms with Gasteiger partial charge in [-0.25, -0.2) is 9.97 Å². The molecule has 0 aliphatic carbocycles. The minimum absolute atomic E-state index is 0.347. The summed E-state index contributed by atoms with van der Waals surface area (Å²) in [6.07, 6.45) is 3.25. The molecule has 1 N–H and O–H groups in total. The van der Waals surface area contributed by atoms with Crippen LogP contribution in [-0.2, 0) is 4.79 Å². The number of nitrogens with one attached hydrogen (secondary N) is 1. The number of ether oxygens (including phenoxy) is 1. The SMILES string of the molecule is CN(CCOc1ccc(/C=C2\SC(=O)NC2=O)cc1)c1cc(Sc2ccccc2)ncn1. The summed E-state index contributed by atoms with van der Waals surface area (Å²) >= 11 is 2.50. The fraction of sp³-hybridized carbons (Fsp3) is 0.130. The molecule has 162 valence electrons. The monoisotopic (exact) mass is 464 g/mol. The maximum Gasteiger partial charge on any atom is 0.290 e. The largest absolute Gasteiger partial charge is 0.492 e. The molecule has 1 saturated heterocycles. The normalized spacial score (nSPS) is 14.5. The van der Waals surface area contributed by atoms with E-state index in [9.17, 15) is 9.59 Å². The first-order valence-electron chi connectivity index (χ1n) is 9.80. The Labute approximate surface area is 194 Å². The van der Waals surface area contributed by atoms with E-state index in [1.165, 1.54) is 0 Å². The Morgan fingerprint density at radius 1 is 1.09 bits per heavy atom. The Morgan fingerprint density at radius 3 is 2.59 bits per heavy atom. The molecule has 2 amide bonds. The number of likely N-dealkylation sites (N-methyl/N-ethyl adjacent to an activating group) is 1. The third-order valence-electron chi connectivity index (χ3n) is 4.50. The highest BCUT2D eigenvalue weighted by Gasteiger charge is 2.24. The molecule has 0 atom stereocenters. The highest BCUT2D eigenvalue weighted by molar-refractivity contribution is 8.18. The van der Waals surface area contributed by atoms with E-state index in [1.54, 1.807) is 24.2 Å². The molecule has 0 unspecified atom stereocenters. The summed E-state index contributed by atoms with van der Waals surface area (Å²) in [6, 6.07) is 19.4. The van der Waals surface area contributed by atoms with Crippen LogP contribution in [0.4, 0.5) is 10.6 Å². The first-order chi connectivity index (χ1) is 15.6. The predicted molar refractivity (Wildman–Crippen MR) is 127 cm³/mol. The molecule has 1 aliphatic heterocycles. The van der Waals surface area contributed by atoms with Crippen LogP contribution in [0.3, 0.4) is 0 Å². The van der Waals surface area contributed by atoms with E-state index in [0.717, 1.165) is 38.8 Å². The molecule has 1 aliphatic rings. The molecule has 1 fully saturated rings. The molecule has 0 spiro atoms. The van der Waals surface area contributed by atoms with Crippen LogP contribution in [-0.4, -0.2) is 41.3 Å². The fourth-order valence-corrected chi connectivity index (χ4v) is 4.33. The van der Waals surface area contributed by atoms with Crippen molar-refractivity contribution in [3.05, 3.63) is 77.5 Å². The number of nitrogens with zero attached hydrogens (tertiary/aromatic N) is 3. The van der Waals surface area contributed by atoms with E-state index >= 15 is 0 Å². The number of thioether (sulfide) groups is 1. The summed E-state index contributed by atoms with van der Waals surface area (Å²) in [5.74, 6) is 1.19. The van der Waals surface area contributed by atoms with E-state index in [4.69, 9.17) is 4.74 Å². The van der Waals surface area contributed by atoms with Gasteiger partial charge in [0.2, 0.25) is 0 Å². The van der Waals surface area contributed by atoms with Gasteiger partial charge < -0.3 is 9.64 Å². The first-order valence-corrected chi connectivity index (χ1v) is 11.4. The standard InChI is InChI=1S/C23H20N4O3S2/c1-27(20-14-21(25-15-24-20)31-18-5-3-2-4-6-18)11-12-30-17-9-7-16(8-10-17)13-19-22(28)26-23(29)32-19/h2-10,13-15H,11-12H2,1H3,(H,26,28,29)/b19-13-. The molecule has 2 heterocycles. The van der Waals surface area contributed by atoms with Crippen molar-refractivity contribution in [3.8, 4) is 5.75 Å². The lowest BCUT2D eigenvalue weighted by atomic mass is 10.2. The molecule has 4 rings (SSSR count). The number of aromatic nitrogens is 2. The minimum Gasteiger partial charge on any atom is -0.492 e. The summed E-state index contributed by atoms with van der Waals surface area (Å²) in [5.41, 5.74) is 0.825. The molecule has 2 aromatic carbocycles. The molecule has 9 heteroatoms. The number of hydrogen-bond acceptors (Lipinski definition) is 8. The van der Waals surface area contributed by atoms with Crippen molar-refractivity contribution < 1.29 is 14.3 Å². The lowest BCUT2D eigenvalue weighted by Crippen LogP contribution is -2.24. The summed E-state index contributed by atoms with van der Waals surface area (Å²) in [6.45, 7) is 1.13. The molecule has 3 aromatic rings. The number of hydrogen-bond donors (Lipinski definition) is 1. The van der Waals surface area contributed by atoms with Gasteiger partial charge in [-0.2, -0.15) is 0 Å². The topological polar surface area (TPSA) is 84.4 Å². The van der Waals surface area contributed by atoms with E-state index in [0.29, 0.717) is 18.1 Å². The van der Waals surface area contributed by atoms with Gasteiger partial charge in [0.1, 0.15) is 29.5 Å². The van der Waals surface area contributed by atoms with Gasteiger partial charge in [-0.3, -0.25) is 14.9 Å². The number of imide groups is 1. The Kier molecular flexibility index (Phi) is 7.08. The fourth-order valence-electron chi connectivity index (χ4n) is 2.85. The highest BCUT2D eigenvalue weighted by Crippen LogP contribution is 2.27. The first kappa shape index (κ1) is 21.9. The Balaban J connectivity index is 1.29. The van der Waals surface area contributed by atoms with E-state index < -0.39 is 0 Å². The van der Waals surface area contributed by atoms with Crippen molar-refractivity contribution in [1.82, 2.24) is 15.3 Å². The molecule has 0 bridgehead atoms. The van der Waals surface area contributed by atoms with Crippen molar-refractivity contribution in [3.63, 3.8) is 0 Å². The molecule has 0 radical (unpaired) electrons. The second-order valence-electron chi connectivity index (χ2n) is 6.82. The molecular weight excluding hydrogens is 444 g/mol. The number of anilines is 1. The highest BCUT2D eigenvalue weighted by atomic mass is 32.2. The van der Waals surface area contributed by atoms with Gasteiger partial charge >= 0.3 is 0 Å². The van der Waals surface area contributed by atoms with E-state index in [2.05, 4.69) is 15.3 Å². The molecule has 0 saturated carbocycles. The second-order valence-corrected chi connectivity index (χ2v) is 8.93. The lowest BCUT2D eigenvalue weighted by Gasteiger charge is -2.18. The summed E-state index contributed by atoms with van der Waals surface area (Å²) in [7, 11) is 1.96. The zero-order chi connectivity index (χ0) is 22.3. The third kappa shape index (κ3) is 5.89. The van der Waals surface area contributed by atoms with E-state index in [1.807, 2.05) is 72.6 Å². The van der Waals surface area contributed by atoms with Crippen molar-refractivity contribution in [2.45, 2.75) is 9.92 Å². The molecule has 1 aromatic heterocycles. The van der Waals surface area contributed by atoms with Gasteiger partial charge in [-0.1, -0.05) is 42.1 Å².